The van der Waals surface area contributed by atoms with Gasteiger partial charge in [0.05, 0.1) is 10.4 Å². The van der Waals surface area contributed by atoms with Crippen molar-refractivity contribution in [1.82, 2.24) is 10.4 Å². The Kier molecular flexibility index (Phi) is 3.47. The Hall–Kier alpha value is -2.42. The fraction of sp³-hybridized carbons (Fsp3) is 0. The number of hydrazine groups is 1. The second-order valence-electron chi connectivity index (χ2n) is 3.49. The Morgan fingerprint density at radius 1 is 1.47 bits per heavy atom. The Labute approximate surface area is 114 Å². The molecule has 9 heteroatoms. The number of carbonyl (C=O) groups is 1. The highest BCUT2D eigenvalue weighted by atomic mass is 79.9. The molecule has 0 radical (unpaired) electrons. The standard InChI is InChI=1S/C10H7BrN4O4/c11-5-1-2-6-7(3-5)12-4-8(15(18)19)9(6)13-14-10(16)17/h1-4,14H,(H,12,13)(H,16,17). The van der Waals surface area contributed by atoms with Crippen molar-refractivity contribution in [3.8, 4) is 0 Å². The van der Waals surface area contributed by atoms with E-state index < -0.39 is 11.0 Å². The molecule has 0 saturated carbocycles. The van der Waals surface area contributed by atoms with Gasteiger partial charge in [-0.3, -0.25) is 15.5 Å². The van der Waals surface area contributed by atoms with Crippen LogP contribution in [-0.2, 0) is 0 Å². The van der Waals surface area contributed by atoms with Crippen LogP contribution in [0.5, 0.6) is 0 Å². The van der Waals surface area contributed by atoms with Crippen LogP contribution in [0.4, 0.5) is 16.2 Å². The molecular formula is C10H7BrN4O4. The summed E-state index contributed by atoms with van der Waals surface area (Å²) < 4.78 is 0.762. The summed E-state index contributed by atoms with van der Waals surface area (Å²) in [4.78, 5) is 24.7. The summed E-state index contributed by atoms with van der Waals surface area (Å²) in [5.74, 6) is 0. The predicted molar refractivity (Wildman–Crippen MR) is 70.9 cm³/mol. The molecule has 0 atom stereocenters. The van der Waals surface area contributed by atoms with Gasteiger partial charge >= 0.3 is 11.8 Å². The normalized spacial score (nSPS) is 10.2. The third-order valence-electron chi connectivity index (χ3n) is 2.30. The molecule has 1 aromatic carbocycles. The van der Waals surface area contributed by atoms with Crippen molar-refractivity contribution in [2.75, 3.05) is 5.43 Å². The highest BCUT2D eigenvalue weighted by Gasteiger charge is 2.18. The molecule has 0 bridgehead atoms. The number of amides is 1. The average Bonchev–Trinajstić information content (AvgIpc) is 2.34. The zero-order valence-electron chi connectivity index (χ0n) is 9.25. The van der Waals surface area contributed by atoms with Crippen molar-refractivity contribution in [1.29, 1.82) is 0 Å². The molecule has 0 spiro atoms. The minimum absolute atomic E-state index is 0.0462. The first-order chi connectivity index (χ1) is 8.99. The van der Waals surface area contributed by atoms with Gasteiger partial charge in [-0.05, 0) is 18.2 Å². The molecule has 1 aromatic heterocycles. The molecular weight excluding hydrogens is 320 g/mol. The van der Waals surface area contributed by atoms with E-state index in [1.165, 1.54) is 0 Å². The van der Waals surface area contributed by atoms with E-state index in [0.29, 0.717) is 10.9 Å². The van der Waals surface area contributed by atoms with Crippen molar-refractivity contribution in [2.45, 2.75) is 0 Å². The molecule has 3 N–H and O–H groups in total. The maximum Gasteiger partial charge on any atom is 0.423 e. The predicted octanol–water partition coefficient (Wildman–Crippen LogP) is 2.50. The minimum atomic E-state index is -1.35. The van der Waals surface area contributed by atoms with Crippen LogP contribution < -0.4 is 10.9 Å². The van der Waals surface area contributed by atoms with Gasteiger partial charge < -0.3 is 5.11 Å². The molecule has 0 aliphatic carbocycles. The largest absolute Gasteiger partial charge is 0.464 e. The van der Waals surface area contributed by atoms with Crippen LogP contribution in [0.25, 0.3) is 10.9 Å². The second-order valence-corrected chi connectivity index (χ2v) is 4.41. The second kappa shape index (κ2) is 5.06. The lowest BCUT2D eigenvalue weighted by Crippen LogP contribution is -2.27. The zero-order valence-corrected chi connectivity index (χ0v) is 10.8. The van der Waals surface area contributed by atoms with Gasteiger partial charge in [-0.1, -0.05) is 15.9 Å². The summed E-state index contributed by atoms with van der Waals surface area (Å²) in [5.41, 5.74) is 4.42. The summed E-state index contributed by atoms with van der Waals surface area (Å²) in [5, 5.41) is 19.9. The number of halogens is 1. The third kappa shape index (κ3) is 2.71. The number of rotatable bonds is 3. The number of nitro groups is 1. The van der Waals surface area contributed by atoms with E-state index in [1.807, 2.05) is 5.43 Å². The SMILES string of the molecule is O=C(O)NNc1c([N+](=O)[O-])cnc2cc(Br)ccc12. The molecule has 0 saturated heterocycles. The van der Waals surface area contributed by atoms with Gasteiger partial charge in [0.1, 0.15) is 11.9 Å². The lowest BCUT2D eigenvalue weighted by molar-refractivity contribution is -0.384. The van der Waals surface area contributed by atoms with Crippen LogP contribution in [0.15, 0.2) is 28.9 Å². The average molecular weight is 327 g/mol. The summed E-state index contributed by atoms with van der Waals surface area (Å²) >= 11 is 3.26. The van der Waals surface area contributed by atoms with E-state index in [2.05, 4.69) is 26.3 Å². The Balaban J connectivity index is 2.61. The number of benzene rings is 1. The van der Waals surface area contributed by atoms with Gasteiger partial charge in [0.15, 0.2) is 0 Å². The van der Waals surface area contributed by atoms with E-state index in [4.69, 9.17) is 5.11 Å². The smallest absolute Gasteiger partial charge is 0.423 e. The third-order valence-corrected chi connectivity index (χ3v) is 2.80. The number of hydrogen-bond donors (Lipinski definition) is 3. The first kappa shape index (κ1) is 13.0. The van der Waals surface area contributed by atoms with Gasteiger partial charge in [0.2, 0.25) is 0 Å². The number of hydrogen-bond acceptors (Lipinski definition) is 5. The number of nitrogens with one attached hydrogen (secondary N) is 2. The lowest BCUT2D eigenvalue weighted by atomic mass is 10.2. The minimum Gasteiger partial charge on any atom is -0.464 e. The van der Waals surface area contributed by atoms with E-state index in [9.17, 15) is 14.9 Å². The van der Waals surface area contributed by atoms with Crippen molar-refractivity contribution >= 4 is 44.3 Å². The highest BCUT2D eigenvalue weighted by Crippen LogP contribution is 2.32. The van der Waals surface area contributed by atoms with Crippen LogP contribution in [0, 0.1) is 10.1 Å². The monoisotopic (exact) mass is 326 g/mol. The van der Waals surface area contributed by atoms with Crippen LogP contribution in [0.2, 0.25) is 0 Å². The fourth-order valence-corrected chi connectivity index (χ4v) is 1.89. The fourth-order valence-electron chi connectivity index (χ4n) is 1.54. The van der Waals surface area contributed by atoms with Crippen molar-refractivity contribution in [3.05, 3.63) is 39.0 Å². The first-order valence-electron chi connectivity index (χ1n) is 4.96. The van der Waals surface area contributed by atoms with E-state index in [-0.39, 0.29) is 11.4 Å². The van der Waals surface area contributed by atoms with Crippen LogP contribution in [0.1, 0.15) is 0 Å². The first-order valence-corrected chi connectivity index (χ1v) is 5.76. The summed E-state index contributed by atoms with van der Waals surface area (Å²) in [6.07, 6.45) is -0.281. The Morgan fingerprint density at radius 3 is 2.84 bits per heavy atom. The molecule has 0 aliphatic heterocycles. The number of pyridine rings is 1. The highest BCUT2D eigenvalue weighted by molar-refractivity contribution is 9.10. The molecule has 0 fully saturated rings. The summed E-state index contributed by atoms with van der Waals surface area (Å²) in [7, 11) is 0. The van der Waals surface area contributed by atoms with E-state index in [1.54, 1.807) is 18.2 Å². The quantitative estimate of drug-likeness (QED) is 0.589. The summed E-state index contributed by atoms with van der Waals surface area (Å²) in [6.45, 7) is 0. The number of fused-ring (bicyclic) bond motifs is 1. The molecule has 0 unspecified atom stereocenters. The Bertz CT molecular complexity index is 676. The maximum atomic E-state index is 10.9. The van der Waals surface area contributed by atoms with Crippen molar-refractivity contribution in [3.63, 3.8) is 0 Å². The van der Waals surface area contributed by atoms with E-state index >= 15 is 0 Å². The molecule has 8 nitrogen and oxygen atoms in total. The molecule has 1 amide bonds. The number of anilines is 1. The maximum absolute atomic E-state index is 10.9. The molecule has 2 rings (SSSR count). The van der Waals surface area contributed by atoms with E-state index in [0.717, 1.165) is 10.7 Å². The van der Waals surface area contributed by atoms with Gasteiger partial charge in [0, 0.05) is 9.86 Å². The van der Waals surface area contributed by atoms with Gasteiger partial charge in [0.25, 0.3) is 0 Å². The number of aromatic nitrogens is 1. The van der Waals surface area contributed by atoms with Crippen LogP contribution in [0.3, 0.4) is 0 Å². The zero-order chi connectivity index (χ0) is 14.0. The topological polar surface area (TPSA) is 117 Å². The van der Waals surface area contributed by atoms with Gasteiger partial charge in [-0.2, -0.15) is 0 Å². The lowest BCUT2D eigenvalue weighted by Gasteiger charge is -2.09. The molecule has 19 heavy (non-hydrogen) atoms. The van der Waals surface area contributed by atoms with Crippen molar-refractivity contribution < 1.29 is 14.8 Å². The van der Waals surface area contributed by atoms with Crippen LogP contribution >= 0.6 is 15.9 Å². The number of nitrogens with zero attached hydrogens (tertiary/aromatic N) is 2. The summed E-state index contributed by atoms with van der Waals surface area (Å²) in [6, 6.07) is 4.95. The Morgan fingerprint density at radius 2 is 2.21 bits per heavy atom. The molecule has 1 heterocycles. The molecule has 2 aromatic rings. The van der Waals surface area contributed by atoms with Crippen LogP contribution in [-0.4, -0.2) is 21.1 Å². The van der Waals surface area contributed by atoms with Gasteiger partial charge in [-0.25, -0.2) is 15.2 Å². The van der Waals surface area contributed by atoms with Gasteiger partial charge in [-0.15, -0.1) is 0 Å². The van der Waals surface area contributed by atoms with Crippen molar-refractivity contribution in [2.24, 2.45) is 0 Å². The number of carboxylic acid groups (broad SMARTS) is 1. The molecule has 98 valence electrons. The molecule has 0 aliphatic rings.